The zero-order valence-electron chi connectivity index (χ0n) is 13.9. The Kier molecular flexibility index (Phi) is 5.46. The van der Waals surface area contributed by atoms with Crippen LogP contribution in [0.5, 0.6) is 0 Å². The van der Waals surface area contributed by atoms with Crippen LogP contribution in [0, 0.1) is 28.6 Å². The molecule has 0 fully saturated rings. The van der Waals surface area contributed by atoms with E-state index in [0.717, 1.165) is 15.4 Å². The molecule has 2 aromatic carbocycles. The van der Waals surface area contributed by atoms with E-state index in [-0.39, 0.29) is 18.5 Å². The maximum absolute atomic E-state index is 12.8. The van der Waals surface area contributed by atoms with E-state index in [4.69, 9.17) is 5.26 Å². The fraction of sp³-hybridized carbons (Fsp3) is 0.200. The molecule has 0 saturated carbocycles. The monoisotopic (exact) mass is 406 g/mol. The number of aromatic nitrogens is 2. The van der Waals surface area contributed by atoms with Crippen LogP contribution in [0.15, 0.2) is 57.8 Å². The van der Waals surface area contributed by atoms with Crippen LogP contribution in [-0.2, 0) is 6.54 Å². The Hall–Kier alpha value is -2.96. The minimum atomic E-state index is -0.432. The first-order valence-corrected chi connectivity index (χ1v) is 8.95. The summed E-state index contributed by atoms with van der Waals surface area (Å²) < 4.78 is 2.31. The number of nitriles is 2. The third kappa shape index (κ3) is 3.66. The van der Waals surface area contributed by atoms with E-state index in [9.17, 15) is 10.1 Å². The molecule has 3 aromatic rings. The second kappa shape index (κ2) is 7.95. The van der Waals surface area contributed by atoms with Gasteiger partial charge in [0.1, 0.15) is 0 Å². The highest BCUT2D eigenvalue weighted by atomic mass is 79.9. The Morgan fingerprint density at radius 2 is 1.77 bits per heavy atom. The first kappa shape index (κ1) is 17.8. The number of rotatable bonds is 5. The average molecular weight is 407 g/mol. The summed E-state index contributed by atoms with van der Waals surface area (Å²) in [5.74, 6) is -0.432. The lowest BCUT2D eigenvalue weighted by atomic mass is 10.0. The van der Waals surface area contributed by atoms with Gasteiger partial charge < -0.3 is 0 Å². The van der Waals surface area contributed by atoms with Crippen LogP contribution in [0.25, 0.3) is 22.0 Å². The van der Waals surface area contributed by atoms with Crippen molar-refractivity contribution in [2.45, 2.75) is 19.4 Å². The van der Waals surface area contributed by atoms with E-state index in [1.165, 1.54) is 4.68 Å². The molecule has 0 amide bonds. The molecule has 128 valence electrons. The normalized spacial score (nSPS) is 11.7. The standard InChI is InChI=1S/C20H15BrN4O/c21-16-9-7-15(8-10-16)19-17-5-1-2-6-18(17)20(26)25(24-19)13-14(12-23)4-3-11-22/h1-2,5-10,14H,3-4,13H2. The van der Waals surface area contributed by atoms with Crippen LogP contribution in [0.2, 0.25) is 0 Å². The Balaban J connectivity index is 2.14. The molecule has 0 radical (unpaired) electrons. The van der Waals surface area contributed by atoms with Gasteiger partial charge in [-0.1, -0.05) is 46.3 Å². The highest BCUT2D eigenvalue weighted by Crippen LogP contribution is 2.26. The summed E-state index contributed by atoms with van der Waals surface area (Å²) in [6, 6.07) is 19.3. The molecule has 6 heteroatoms. The molecule has 1 heterocycles. The number of halogens is 1. The van der Waals surface area contributed by atoms with Crippen LogP contribution in [-0.4, -0.2) is 9.78 Å². The Morgan fingerprint density at radius 3 is 2.42 bits per heavy atom. The van der Waals surface area contributed by atoms with Gasteiger partial charge in [-0.05, 0) is 24.6 Å². The van der Waals surface area contributed by atoms with Gasteiger partial charge in [-0.25, -0.2) is 4.68 Å². The van der Waals surface area contributed by atoms with Crippen LogP contribution < -0.4 is 5.56 Å². The van der Waals surface area contributed by atoms with Gasteiger partial charge >= 0.3 is 0 Å². The first-order chi connectivity index (χ1) is 12.6. The van der Waals surface area contributed by atoms with E-state index in [0.29, 0.717) is 17.5 Å². The molecule has 0 spiro atoms. The van der Waals surface area contributed by atoms with Gasteiger partial charge in [0.25, 0.3) is 5.56 Å². The highest BCUT2D eigenvalue weighted by molar-refractivity contribution is 9.10. The summed E-state index contributed by atoms with van der Waals surface area (Å²) in [6.45, 7) is 0.172. The van der Waals surface area contributed by atoms with Crippen LogP contribution in [0.3, 0.4) is 0 Å². The van der Waals surface area contributed by atoms with E-state index in [2.05, 4.69) is 27.1 Å². The minimum Gasteiger partial charge on any atom is -0.267 e. The molecule has 0 saturated heterocycles. The molecule has 0 N–H and O–H groups in total. The van der Waals surface area contributed by atoms with Crippen molar-refractivity contribution in [1.29, 1.82) is 10.5 Å². The van der Waals surface area contributed by atoms with Crippen LogP contribution in [0.4, 0.5) is 0 Å². The van der Waals surface area contributed by atoms with Gasteiger partial charge in [-0.3, -0.25) is 4.79 Å². The lowest BCUT2D eigenvalue weighted by Gasteiger charge is -2.13. The van der Waals surface area contributed by atoms with Crippen molar-refractivity contribution in [3.05, 3.63) is 63.4 Å². The largest absolute Gasteiger partial charge is 0.274 e. The lowest BCUT2D eigenvalue weighted by molar-refractivity contribution is 0.463. The second-order valence-corrected chi connectivity index (χ2v) is 6.83. The van der Waals surface area contributed by atoms with Crippen molar-refractivity contribution in [1.82, 2.24) is 9.78 Å². The molecule has 0 aliphatic heterocycles. The number of nitrogens with zero attached hydrogens (tertiary/aromatic N) is 4. The predicted molar refractivity (Wildman–Crippen MR) is 103 cm³/mol. The van der Waals surface area contributed by atoms with Crippen molar-refractivity contribution < 1.29 is 0 Å². The molecule has 1 aromatic heterocycles. The SMILES string of the molecule is N#CCCC(C#N)Cn1nc(-c2ccc(Br)cc2)c2ccccc2c1=O. The fourth-order valence-corrected chi connectivity index (χ4v) is 3.09. The summed E-state index contributed by atoms with van der Waals surface area (Å²) in [6.07, 6.45) is 0.696. The Morgan fingerprint density at radius 1 is 1.08 bits per heavy atom. The number of benzene rings is 2. The van der Waals surface area contributed by atoms with Gasteiger partial charge in [0.2, 0.25) is 0 Å². The van der Waals surface area contributed by atoms with Gasteiger partial charge in [0, 0.05) is 21.8 Å². The molecule has 1 unspecified atom stereocenters. The fourth-order valence-electron chi connectivity index (χ4n) is 2.82. The summed E-state index contributed by atoms with van der Waals surface area (Å²) >= 11 is 3.42. The van der Waals surface area contributed by atoms with E-state index < -0.39 is 5.92 Å². The number of hydrogen-bond acceptors (Lipinski definition) is 4. The average Bonchev–Trinajstić information content (AvgIpc) is 2.67. The zero-order valence-corrected chi connectivity index (χ0v) is 15.5. The van der Waals surface area contributed by atoms with E-state index >= 15 is 0 Å². The van der Waals surface area contributed by atoms with Crippen LogP contribution in [0.1, 0.15) is 12.8 Å². The smallest absolute Gasteiger partial charge is 0.267 e. The molecule has 0 aliphatic rings. The number of hydrogen-bond donors (Lipinski definition) is 0. The maximum atomic E-state index is 12.8. The van der Waals surface area contributed by atoms with Gasteiger partial charge in [0.05, 0.1) is 35.7 Å². The first-order valence-electron chi connectivity index (χ1n) is 8.16. The van der Waals surface area contributed by atoms with E-state index in [1.807, 2.05) is 48.5 Å². The van der Waals surface area contributed by atoms with Crippen molar-refractivity contribution in [2.75, 3.05) is 0 Å². The van der Waals surface area contributed by atoms with Gasteiger partial charge in [-0.15, -0.1) is 0 Å². The highest BCUT2D eigenvalue weighted by Gasteiger charge is 2.15. The minimum absolute atomic E-state index is 0.172. The number of fused-ring (bicyclic) bond motifs is 1. The Labute approximate surface area is 159 Å². The molecular formula is C20H15BrN4O. The van der Waals surface area contributed by atoms with Gasteiger partial charge in [0.15, 0.2) is 0 Å². The van der Waals surface area contributed by atoms with Crippen LogP contribution >= 0.6 is 15.9 Å². The topological polar surface area (TPSA) is 82.5 Å². The molecule has 0 bridgehead atoms. The molecule has 5 nitrogen and oxygen atoms in total. The maximum Gasteiger partial charge on any atom is 0.274 e. The third-order valence-corrected chi connectivity index (χ3v) is 4.69. The quantitative estimate of drug-likeness (QED) is 0.633. The second-order valence-electron chi connectivity index (χ2n) is 5.91. The van der Waals surface area contributed by atoms with E-state index in [1.54, 1.807) is 6.07 Å². The van der Waals surface area contributed by atoms with Crippen molar-refractivity contribution in [3.8, 4) is 23.4 Å². The summed E-state index contributed by atoms with van der Waals surface area (Å²) in [5.41, 5.74) is 1.37. The summed E-state index contributed by atoms with van der Waals surface area (Å²) in [7, 11) is 0. The van der Waals surface area contributed by atoms with Crippen molar-refractivity contribution >= 4 is 26.7 Å². The molecule has 0 aliphatic carbocycles. The van der Waals surface area contributed by atoms with Crippen molar-refractivity contribution in [2.24, 2.45) is 5.92 Å². The predicted octanol–water partition coefficient (Wildman–Crippen LogP) is 4.27. The molecular weight excluding hydrogens is 392 g/mol. The molecule has 26 heavy (non-hydrogen) atoms. The van der Waals surface area contributed by atoms with Gasteiger partial charge in [-0.2, -0.15) is 15.6 Å². The van der Waals surface area contributed by atoms with Crippen molar-refractivity contribution in [3.63, 3.8) is 0 Å². The summed E-state index contributed by atoms with van der Waals surface area (Å²) in [4.78, 5) is 12.8. The Bertz CT molecular complexity index is 1070. The lowest BCUT2D eigenvalue weighted by Crippen LogP contribution is -2.27. The molecule has 3 rings (SSSR count). The zero-order chi connectivity index (χ0) is 18.5. The summed E-state index contributed by atoms with van der Waals surface area (Å²) in [5, 5.41) is 24.0. The third-order valence-electron chi connectivity index (χ3n) is 4.17. The molecule has 1 atom stereocenters.